The first kappa shape index (κ1) is 17.4. The van der Waals surface area contributed by atoms with Crippen LogP contribution < -0.4 is 5.32 Å². The van der Waals surface area contributed by atoms with Gasteiger partial charge in [-0.25, -0.2) is 4.98 Å². The smallest absolute Gasteiger partial charge is 0.267 e. The van der Waals surface area contributed by atoms with Crippen molar-refractivity contribution in [1.29, 1.82) is 0 Å². The largest absolute Gasteiger partial charge is 0.321 e. The van der Waals surface area contributed by atoms with Crippen molar-refractivity contribution in [2.24, 2.45) is 0 Å². The Morgan fingerprint density at radius 1 is 1.28 bits per heavy atom. The van der Waals surface area contributed by atoms with E-state index in [9.17, 15) is 4.79 Å². The summed E-state index contributed by atoms with van der Waals surface area (Å²) in [4.78, 5) is 17.7. The van der Waals surface area contributed by atoms with Crippen LogP contribution in [0.25, 0.3) is 0 Å². The molecule has 2 aromatic heterocycles. The van der Waals surface area contributed by atoms with E-state index >= 15 is 0 Å². The molecule has 0 aliphatic rings. The molecule has 25 heavy (non-hydrogen) atoms. The Kier molecular flexibility index (Phi) is 5.60. The Bertz CT molecular complexity index is 822. The number of hydrogen-bond donors (Lipinski definition) is 1. The van der Waals surface area contributed by atoms with Gasteiger partial charge < -0.3 is 5.32 Å². The molecule has 1 N–H and O–H groups in total. The van der Waals surface area contributed by atoms with E-state index in [1.807, 2.05) is 48.1 Å². The zero-order chi connectivity index (χ0) is 17.6. The van der Waals surface area contributed by atoms with Gasteiger partial charge in [0, 0.05) is 18.1 Å². The number of amides is 1. The van der Waals surface area contributed by atoms with Gasteiger partial charge in [-0.3, -0.25) is 9.48 Å². The Morgan fingerprint density at radius 3 is 2.76 bits per heavy atom. The van der Waals surface area contributed by atoms with E-state index < -0.39 is 0 Å². The van der Waals surface area contributed by atoms with Gasteiger partial charge in [-0.05, 0) is 43.5 Å². The molecule has 0 saturated carbocycles. The van der Waals surface area contributed by atoms with Crippen LogP contribution >= 0.6 is 11.3 Å². The standard InChI is InChI=1S/C19H22N4OS/c1-3-4-6-17-21-14(2)18(25-17)19(24)22-16-9-7-15(8-10-16)13-23-12-5-11-20-23/h5,7-12H,3-4,6,13H2,1-2H3,(H,22,24). The minimum absolute atomic E-state index is 0.0856. The number of unbranched alkanes of at least 4 members (excludes halogenated alkanes) is 1. The molecule has 1 aromatic carbocycles. The van der Waals surface area contributed by atoms with Crippen LogP contribution in [0.4, 0.5) is 5.69 Å². The predicted octanol–water partition coefficient (Wildman–Crippen LogP) is 4.29. The molecule has 130 valence electrons. The highest BCUT2D eigenvalue weighted by Crippen LogP contribution is 2.21. The summed E-state index contributed by atoms with van der Waals surface area (Å²) in [5.41, 5.74) is 2.73. The van der Waals surface area contributed by atoms with Gasteiger partial charge in [-0.15, -0.1) is 11.3 Å². The molecule has 6 heteroatoms. The summed E-state index contributed by atoms with van der Waals surface area (Å²) < 4.78 is 1.87. The van der Waals surface area contributed by atoms with Crippen molar-refractivity contribution in [3.8, 4) is 0 Å². The Balaban J connectivity index is 1.63. The minimum Gasteiger partial charge on any atom is -0.321 e. The number of carbonyl (C=O) groups excluding carboxylic acids is 1. The number of nitrogens with zero attached hydrogens (tertiary/aromatic N) is 3. The van der Waals surface area contributed by atoms with Crippen molar-refractivity contribution >= 4 is 22.9 Å². The molecule has 0 aliphatic carbocycles. The Labute approximate surface area is 151 Å². The van der Waals surface area contributed by atoms with E-state index in [1.165, 1.54) is 11.3 Å². The Morgan fingerprint density at radius 2 is 2.08 bits per heavy atom. The first-order chi connectivity index (χ1) is 12.2. The van der Waals surface area contributed by atoms with Crippen LogP contribution in [0.3, 0.4) is 0 Å². The number of aromatic nitrogens is 3. The Hall–Kier alpha value is -2.47. The summed E-state index contributed by atoms with van der Waals surface area (Å²) in [7, 11) is 0. The fraction of sp³-hybridized carbons (Fsp3) is 0.316. The SMILES string of the molecule is CCCCc1nc(C)c(C(=O)Nc2ccc(Cn3cccn3)cc2)s1. The lowest BCUT2D eigenvalue weighted by atomic mass is 10.2. The zero-order valence-electron chi connectivity index (χ0n) is 14.5. The van der Waals surface area contributed by atoms with Gasteiger partial charge in [-0.1, -0.05) is 25.5 Å². The number of aryl methyl sites for hydroxylation is 2. The molecule has 5 nitrogen and oxygen atoms in total. The van der Waals surface area contributed by atoms with E-state index in [-0.39, 0.29) is 5.91 Å². The van der Waals surface area contributed by atoms with E-state index in [1.54, 1.807) is 6.20 Å². The van der Waals surface area contributed by atoms with Gasteiger partial charge in [0.2, 0.25) is 0 Å². The lowest BCUT2D eigenvalue weighted by Gasteiger charge is -2.06. The molecule has 0 saturated heterocycles. The van der Waals surface area contributed by atoms with Crippen molar-refractivity contribution in [3.63, 3.8) is 0 Å². The zero-order valence-corrected chi connectivity index (χ0v) is 15.3. The summed E-state index contributed by atoms with van der Waals surface area (Å²) in [6, 6.07) is 9.75. The van der Waals surface area contributed by atoms with Crippen LogP contribution in [-0.4, -0.2) is 20.7 Å². The maximum absolute atomic E-state index is 12.5. The average molecular weight is 354 g/mol. The second kappa shape index (κ2) is 8.07. The van der Waals surface area contributed by atoms with Crippen molar-refractivity contribution in [1.82, 2.24) is 14.8 Å². The van der Waals surface area contributed by atoms with Crippen molar-refractivity contribution in [2.45, 2.75) is 39.7 Å². The number of thiazole rings is 1. The normalized spacial score (nSPS) is 10.8. The highest BCUT2D eigenvalue weighted by molar-refractivity contribution is 7.13. The summed E-state index contributed by atoms with van der Waals surface area (Å²) in [6.45, 7) is 4.77. The molecule has 0 fully saturated rings. The summed E-state index contributed by atoms with van der Waals surface area (Å²) in [5, 5.41) is 8.20. The second-order valence-corrected chi connectivity index (χ2v) is 7.06. The molecule has 0 radical (unpaired) electrons. The van der Waals surface area contributed by atoms with E-state index in [0.29, 0.717) is 4.88 Å². The first-order valence-electron chi connectivity index (χ1n) is 8.49. The molecule has 1 amide bonds. The highest BCUT2D eigenvalue weighted by atomic mass is 32.1. The first-order valence-corrected chi connectivity index (χ1v) is 9.31. The van der Waals surface area contributed by atoms with Crippen LogP contribution in [0.1, 0.15) is 45.7 Å². The molecule has 3 aromatic rings. The number of nitrogens with one attached hydrogen (secondary N) is 1. The molecule has 3 rings (SSSR count). The lowest BCUT2D eigenvalue weighted by molar-refractivity contribution is 0.103. The lowest BCUT2D eigenvalue weighted by Crippen LogP contribution is -2.11. The molecular weight excluding hydrogens is 332 g/mol. The molecule has 2 heterocycles. The van der Waals surface area contributed by atoms with Gasteiger partial charge >= 0.3 is 0 Å². The quantitative estimate of drug-likeness (QED) is 0.688. The third-order valence-electron chi connectivity index (χ3n) is 3.91. The van der Waals surface area contributed by atoms with Gasteiger partial charge in [0.25, 0.3) is 5.91 Å². The van der Waals surface area contributed by atoms with Gasteiger partial charge in [0.05, 0.1) is 17.2 Å². The maximum atomic E-state index is 12.5. The van der Waals surface area contributed by atoms with Gasteiger partial charge in [0.15, 0.2) is 0 Å². The van der Waals surface area contributed by atoms with Crippen LogP contribution in [0.15, 0.2) is 42.7 Å². The molecule has 0 aliphatic heterocycles. The van der Waals surface area contributed by atoms with Crippen molar-refractivity contribution in [3.05, 3.63) is 63.9 Å². The monoisotopic (exact) mass is 354 g/mol. The average Bonchev–Trinajstić information content (AvgIpc) is 3.24. The number of hydrogen-bond acceptors (Lipinski definition) is 4. The third kappa shape index (κ3) is 4.54. The second-order valence-electron chi connectivity index (χ2n) is 5.98. The van der Waals surface area contributed by atoms with E-state index in [0.717, 1.165) is 47.8 Å². The summed E-state index contributed by atoms with van der Waals surface area (Å²) in [5.74, 6) is -0.0856. The number of rotatable bonds is 7. The van der Waals surface area contributed by atoms with Gasteiger partial charge in [0.1, 0.15) is 4.88 Å². The van der Waals surface area contributed by atoms with Crippen LogP contribution in [0.5, 0.6) is 0 Å². The molecule has 0 bridgehead atoms. The maximum Gasteiger partial charge on any atom is 0.267 e. The van der Waals surface area contributed by atoms with Crippen LogP contribution in [0.2, 0.25) is 0 Å². The molecule has 0 spiro atoms. The highest BCUT2D eigenvalue weighted by Gasteiger charge is 2.15. The van der Waals surface area contributed by atoms with Crippen molar-refractivity contribution < 1.29 is 4.79 Å². The van der Waals surface area contributed by atoms with E-state index in [4.69, 9.17) is 0 Å². The minimum atomic E-state index is -0.0856. The van der Waals surface area contributed by atoms with Crippen LogP contribution in [-0.2, 0) is 13.0 Å². The topological polar surface area (TPSA) is 59.8 Å². The van der Waals surface area contributed by atoms with Crippen LogP contribution in [0, 0.1) is 6.92 Å². The van der Waals surface area contributed by atoms with E-state index in [2.05, 4.69) is 22.3 Å². The number of carbonyl (C=O) groups is 1. The fourth-order valence-electron chi connectivity index (χ4n) is 2.56. The van der Waals surface area contributed by atoms with Gasteiger partial charge in [-0.2, -0.15) is 5.10 Å². The van der Waals surface area contributed by atoms with Crippen molar-refractivity contribution in [2.75, 3.05) is 5.32 Å². The fourth-order valence-corrected chi connectivity index (χ4v) is 3.56. The molecule has 0 atom stereocenters. The third-order valence-corrected chi connectivity index (χ3v) is 5.12. The summed E-state index contributed by atoms with van der Waals surface area (Å²) in [6.07, 6.45) is 6.87. The summed E-state index contributed by atoms with van der Waals surface area (Å²) >= 11 is 1.50. The number of benzene rings is 1. The number of anilines is 1. The predicted molar refractivity (Wildman–Crippen MR) is 101 cm³/mol. The molecule has 0 unspecified atom stereocenters. The molecular formula is C19H22N4OS.